The van der Waals surface area contributed by atoms with Crippen molar-refractivity contribution in [2.45, 2.75) is 39.3 Å². The molecule has 2 aromatic rings. The van der Waals surface area contributed by atoms with Gasteiger partial charge in [0.2, 0.25) is 5.91 Å². The van der Waals surface area contributed by atoms with E-state index in [2.05, 4.69) is 22.3 Å². The molecule has 0 saturated heterocycles. The van der Waals surface area contributed by atoms with Crippen molar-refractivity contribution in [3.63, 3.8) is 0 Å². The number of carbonyl (C=O) groups is 1. The minimum absolute atomic E-state index is 0.0529. The van der Waals surface area contributed by atoms with Crippen LogP contribution in [-0.4, -0.2) is 20.7 Å². The van der Waals surface area contributed by atoms with Crippen LogP contribution in [-0.2, 0) is 24.3 Å². The summed E-state index contributed by atoms with van der Waals surface area (Å²) >= 11 is 0. The average molecular weight is 272 g/mol. The van der Waals surface area contributed by atoms with E-state index in [0.717, 1.165) is 30.5 Å². The quantitative estimate of drug-likeness (QED) is 0.838. The molecule has 0 atom stereocenters. The van der Waals surface area contributed by atoms with Gasteiger partial charge < -0.3 is 5.32 Å². The van der Waals surface area contributed by atoms with Crippen molar-refractivity contribution in [2.24, 2.45) is 0 Å². The highest BCUT2D eigenvalue weighted by Gasteiger charge is 2.04. The SMILES string of the molecule is CCCn1cc(CNC(=O)CCc2cccnc2)cn1. The summed E-state index contributed by atoms with van der Waals surface area (Å²) in [6, 6.07) is 3.87. The first-order valence-electron chi connectivity index (χ1n) is 6.95. The van der Waals surface area contributed by atoms with Crippen molar-refractivity contribution < 1.29 is 4.79 Å². The molecule has 0 radical (unpaired) electrons. The van der Waals surface area contributed by atoms with E-state index in [4.69, 9.17) is 0 Å². The third-order valence-corrected chi connectivity index (χ3v) is 2.99. The lowest BCUT2D eigenvalue weighted by molar-refractivity contribution is -0.121. The molecule has 5 heteroatoms. The Morgan fingerprint density at radius 1 is 1.35 bits per heavy atom. The summed E-state index contributed by atoms with van der Waals surface area (Å²) in [5.74, 6) is 0.0529. The maximum atomic E-state index is 11.8. The van der Waals surface area contributed by atoms with Gasteiger partial charge in [0.05, 0.1) is 6.20 Å². The molecule has 1 amide bonds. The number of rotatable bonds is 7. The lowest BCUT2D eigenvalue weighted by atomic mass is 10.1. The number of pyridine rings is 1. The third kappa shape index (κ3) is 4.50. The first kappa shape index (κ1) is 14.2. The van der Waals surface area contributed by atoms with Crippen LogP contribution in [0.15, 0.2) is 36.9 Å². The first-order valence-corrected chi connectivity index (χ1v) is 6.95. The molecule has 0 aliphatic heterocycles. The number of hydrogen-bond donors (Lipinski definition) is 1. The van der Waals surface area contributed by atoms with E-state index < -0.39 is 0 Å². The predicted molar refractivity (Wildman–Crippen MR) is 76.9 cm³/mol. The second-order valence-corrected chi connectivity index (χ2v) is 4.75. The van der Waals surface area contributed by atoms with Crippen LogP contribution in [0.4, 0.5) is 0 Å². The monoisotopic (exact) mass is 272 g/mol. The molecule has 5 nitrogen and oxygen atoms in total. The minimum Gasteiger partial charge on any atom is -0.352 e. The van der Waals surface area contributed by atoms with Gasteiger partial charge in [-0.25, -0.2) is 0 Å². The zero-order valence-corrected chi connectivity index (χ0v) is 11.7. The molecule has 2 heterocycles. The van der Waals surface area contributed by atoms with Gasteiger partial charge in [-0.15, -0.1) is 0 Å². The Morgan fingerprint density at radius 2 is 2.25 bits per heavy atom. The van der Waals surface area contributed by atoms with Crippen molar-refractivity contribution in [3.8, 4) is 0 Å². The lowest BCUT2D eigenvalue weighted by Crippen LogP contribution is -2.22. The molecule has 0 unspecified atom stereocenters. The van der Waals surface area contributed by atoms with Crippen LogP contribution in [0.25, 0.3) is 0 Å². The Hall–Kier alpha value is -2.17. The molecule has 0 aliphatic carbocycles. The van der Waals surface area contributed by atoms with Crippen molar-refractivity contribution in [1.29, 1.82) is 0 Å². The fourth-order valence-corrected chi connectivity index (χ4v) is 1.94. The summed E-state index contributed by atoms with van der Waals surface area (Å²) in [6.45, 7) is 3.56. The van der Waals surface area contributed by atoms with Gasteiger partial charge in [0.1, 0.15) is 0 Å². The zero-order valence-electron chi connectivity index (χ0n) is 11.7. The Morgan fingerprint density at radius 3 is 3.00 bits per heavy atom. The summed E-state index contributed by atoms with van der Waals surface area (Å²) in [5, 5.41) is 7.15. The van der Waals surface area contributed by atoms with Gasteiger partial charge >= 0.3 is 0 Å². The number of aryl methyl sites for hydroxylation is 2. The molecule has 2 rings (SSSR count). The van der Waals surface area contributed by atoms with E-state index in [-0.39, 0.29) is 5.91 Å². The minimum atomic E-state index is 0.0529. The van der Waals surface area contributed by atoms with Crippen molar-refractivity contribution in [3.05, 3.63) is 48.0 Å². The highest BCUT2D eigenvalue weighted by molar-refractivity contribution is 5.76. The average Bonchev–Trinajstić information content (AvgIpc) is 2.92. The maximum Gasteiger partial charge on any atom is 0.220 e. The molecule has 0 aliphatic rings. The molecule has 2 aromatic heterocycles. The summed E-state index contributed by atoms with van der Waals surface area (Å²) < 4.78 is 1.90. The van der Waals surface area contributed by atoms with Crippen molar-refractivity contribution in [1.82, 2.24) is 20.1 Å². The number of amides is 1. The third-order valence-electron chi connectivity index (χ3n) is 2.99. The van der Waals surface area contributed by atoms with E-state index >= 15 is 0 Å². The Labute approximate surface area is 119 Å². The Balaban J connectivity index is 1.71. The van der Waals surface area contributed by atoms with E-state index in [9.17, 15) is 4.79 Å². The summed E-state index contributed by atoms with van der Waals surface area (Å²) in [7, 11) is 0. The van der Waals surface area contributed by atoms with Gasteiger partial charge in [0, 0.05) is 43.7 Å². The molecular formula is C15H20N4O. The number of nitrogens with zero attached hydrogens (tertiary/aromatic N) is 3. The smallest absolute Gasteiger partial charge is 0.220 e. The Bertz CT molecular complexity index is 536. The predicted octanol–water partition coefficient (Wildman–Crippen LogP) is 1.94. The topological polar surface area (TPSA) is 59.8 Å². The number of hydrogen-bond acceptors (Lipinski definition) is 3. The Kier molecular flexibility index (Phi) is 5.29. The fraction of sp³-hybridized carbons (Fsp3) is 0.400. The van der Waals surface area contributed by atoms with Gasteiger partial charge in [-0.1, -0.05) is 13.0 Å². The standard InChI is InChI=1S/C15H20N4O/c1-2-8-19-12-14(11-18-19)10-17-15(20)6-5-13-4-3-7-16-9-13/h3-4,7,9,11-12H,2,5-6,8,10H2,1H3,(H,17,20). The van der Waals surface area contributed by atoms with Crippen molar-refractivity contribution >= 4 is 5.91 Å². The van der Waals surface area contributed by atoms with Gasteiger partial charge in [0.25, 0.3) is 0 Å². The normalized spacial score (nSPS) is 10.4. The number of nitrogens with one attached hydrogen (secondary N) is 1. The van der Waals surface area contributed by atoms with Gasteiger partial charge in [-0.05, 0) is 24.5 Å². The molecule has 20 heavy (non-hydrogen) atoms. The molecule has 0 spiro atoms. The van der Waals surface area contributed by atoms with Crippen LogP contribution >= 0.6 is 0 Å². The first-order chi connectivity index (χ1) is 9.78. The van der Waals surface area contributed by atoms with Crippen molar-refractivity contribution in [2.75, 3.05) is 0 Å². The van der Waals surface area contributed by atoms with Gasteiger partial charge in [-0.3, -0.25) is 14.5 Å². The van der Waals surface area contributed by atoms with Crippen LogP contribution in [0, 0.1) is 0 Å². The van der Waals surface area contributed by atoms with Crippen LogP contribution in [0.1, 0.15) is 30.9 Å². The lowest BCUT2D eigenvalue weighted by Gasteiger charge is -2.03. The molecular weight excluding hydrogens is 252 g/mol. The molecule has 0 saturated carbocycles. The van der Waals surface area contributed by atoms with Crippen LogP contribution in [0.2, 0.25) is 0 Å². The van der Waals surface area contributed by atoms with E-state index in [1.54, 1.807) is 18.6 Å². The summed E-state index contributed by atoms with van der Waals surface area (Å²) in [4.78, 5) is 15.8. The van der Waals surface area contributed by atoms with Gasteiger partial charge in [0.15, 0.2) is 0 Å². The van der Waals surface area contributed by atoms with E-state index in [0.29, 0.717) is 13.0 Å². The summed E-state index contributed by atoms with van der Waals surface area (Å²) in [6.07, 6.45) is 9.56. The molecule has 0 aromatic carbocycles. The highest BCUT2D eigenvalue weighted by atomic mass is 16.1. The number of aromatic nitrogens is 3. The molecule has 106 valence electrons. The van der Waals surface area contributed by atoms with Crippen LogP contribution in [0.5, 0.6) is 0 Å². The molecule has 0 fully saturated rings. The second kappa shape index (κ2) is 7.43. The van der Waals surface area contributed by atoms with E-state index in [1.165, 1.54) is 0 Å². The molecule has 1 N–H and O–H groups in total. The highest BCUT2D eigenvalue weighted by Crippen LogP contribution is 2.02. The molecule has 0 bridgehead atoms. The fourth-order valence-electron chi connectivity index (χ4n) is 1.94. The van der Waals surface area contributed by atoms with E-state index in [1.807, 2.05) is 23.0 Å². The zero-order chi connectivity index (χ0) is 14.2. The van der Waals surface area contributed by atoms with Crippen LogP contribution < -0.4 is 5.32 Å². The second-order valence-electron chi connectivity index (χ2n) is 4.75. The van der Waals surface area contributed by atoms with Gasteiger partial charge in [-0.2, -0.15) is 5.10 Å². The number of carbonyl (C=O) groups excluding carboxylic acids is 1. The van der Waals surface area contributed by atoms with Crippen LogP contribution in [0.3, 0.4) is 0 Å². The summed E-state index contributed by atoms with van der Waals surface area (Å²) in [5.41, 5.74) is 2.12. The largest absolute Gasteiger partial charge is 0.352 e. The maximum absolute atomic E-state index is 11.8.